The van der Waals surface area contributed by atoms with Gasteiger partial charge in [0.25, 0.3) is 0 Å². The standard InChI is InChI=1S/C18H33P.C3H7NS2.ClH.Pd/c1-4-10-16(11-5-1)19(17-12-6-2-7-13-17)18-14-8-3-9-15-18;1-4(2)3(5)6;;/h16-18H,1-15H2;1-2H3,(H,5,6);1H;/q;;;+2/p-2. The number of halogens is 1. The smallest absolute Gasteiger partial charge is 1.00 e. The molecule has 3 aliphatic carbocycles. The van der Waals surface area contributed by atoms with Gasteiger partial charge in [-0.25, -0.2) is 0 Å². The van der Waals surface area contributed by atoms with E-state index in [2.05, 4.69) is 24.8 Å². The molecule has 0 N–H and O–H groups in total. The second-order valence-electron chi connectivity index (χ2n) is 8.48. The van der Waals surface area contributed by atoms with Gasteiger partial charge in [0.05, 0.1) is 0 Å². The van der Waals surface area contributed by atoms with Gasteiger partial charge in [0, 0.05) is 14.1 Å². The van der Waals surface area contributed by atoms with E-state index >= 15 is 0 Å². The van der Waals surface area contributed by atoms with Crippen LogP contribution >= 0.6 is 20.1 Å². The van der Waals surface area contributed by atoms with Crippen molar-refractivity contribution >= 4 is 37.1 Å². The first-order valence-electron chi connectivity index (χ1n) is 10.8. The summed E-state index contributed by atoms with van der Waals surface area (Å²) in [6, 6.07) is 0. The summed E-state index contributed by atoms with van der Waals surface area (Å²) < 4.78 is 0.509. The van der Waals surface area contributed by atoms with Crippen LogP contribution in [0.2, 0.25) is 0 Å². The Labute approximate surface area is 201 Å². The van der Waals surface area contributed by atoms with Crippen LogP contribution < -0.4 is 12.4 Å². The molecule has 0 amide bonds. The molecule has 0 atom stereocenters. The van der Waals surface area contributed by atoms with E-state index in [4.69, 9.17) is 0 Å². The molecule has 0 saturated heterocycles. The molecule has 27 heavy (non-hydrogen) atoms. The maximum absolute atomic E-state index is 4.56. The third kappa shape index (κ3) is 10.4. The fourth-order valence-corrected chi connectivity index (χ4v) is 9.71. The summed E-state index contributed by atoms with van der Waals surface area (Å²) in [6.07, 6.45) is 23.6. The van der Waals surface area contributed by atoms with Crippen LogP contribution in [-0.4, -0.2) is 40.3 Å². The Morgan fingerprint density at radius 3 is 1.11 bits per heavy atom. The van der Waals surface area contributed by atoms with Crippen LogP contribution in [0.4, 0.5) is 0 Å². The second kappa shape index (κ2) is 16.2. The SMILES string of the molecule is C1CCC(P(C2CCCCC2)C2CCCCC2)CC1.CN(C)C(=S)[S-].[Cl-].[Pd+2]. The van der Waals surface area contributed by atoms with Crippen molar-refractivity contribution in [3.63, 3.8) is 0 Å². The van der Waals surface area contributed by atoms with Gasteiger partial charge >= 0.3 is 20.4 Å². The Bertz CT molecular complexity index is 340. The zero-order valence-electron chi connectivity index (χ0n) is 17.2. The van der Waals surface area contributed by atoms with Crippen molar-refractivity contribution in [2.45, 2.75) is 113 Å². The van der Waals surface area contributed by atoms with Gasteiger partial charge in [0.1, 0.15) is 0 Å². The van der Waals surface area contributed by atoms with E-state index in [-0.39, 0.29) is 32.8 Å². The summed E-state index contributed by atoms with van der Waals surface area (Å²) >= 11 is 9.12. The monoisotopic (exact) mass is 541 g/mol. The Balaban J connectivity index is 0.000000744. The summed E-state index contributed by atoms with van der Waals surface area (Å²) in [7, 11) is 4.04. The van der Waals surface area contributed by atoms with Crippen molar-refractivity contribution in [2.24, 2.45) is 0 Å². The fraction of sp³-hybridized carbons (Fsp3) is 0.952. The molecule has 0 bridgehead atoms. The first kappa shape index (κ1) is 28.5. The minimum atomic E-state index is 0. The molecule has 6 heteroatoms. The van der Waals surface area contributed by atoms with Crippen molar-refractivity contribution in [1.29, 1.82) is 0 Å². The fourth-order valence-electron chi connectivity index (χ4n) is 5.03. The van der Waals surface area contributed by atoms with Crippen molar-refractivity contribution in [3.05, 3.63) is 0 Å². The Hall–Kier alpha value is 1.49. The summed E-state index contributed by atoms with van der Waals surface area (Å²) in [5.41, 5.74) is 3.57. The normalized spacial score (nSPS) is 22.0. The van der Waals surface area contributed by atoms with Crippen molar-refractivity contribution in [3.8, 4) is 0 Å². The largest absolute Gasteiger partial charge is 2.00 e. The van der Waals surface area contributed by atoms with Gasteiger partial charge in [0.2, 0.25) is 0 Å². The molecule has 0 aromatic carbocycles. The van der Waals surface area contributed by atoms with Crippen LogP contribution in [0.1, 0.15) is 96.3 Å². The van der Waals surface area contributed by atoms with Crippen LogP contribution in [0.5, 0.6) is 0 Å². The Kier molecular flexibility index (Phi) is 17.1. The first-order valence-corrected chi connectivity index (χ1v) is 13.1. The molecule has 3 rings (SSSR count). The number of hydrogen-bond donors (Lipinski definition) is 0. The molecule has 3 fully saturated rings. The zero-order chi connectivity index (χ0) is 18.1. The third-order valence-corrected chi connectivity index (χ3v) is 11.2. The Morgan fingerprint density at radius 1 is 0.704 bits per heavy atom. The summed E-state index contributed by atoms with van der Waals surface area (Å²) in [6.45, 7) is 0. The molecule has 0 unspecified atom stereocenters. The van der Waals surface area contributed by atoms with Gasteiger partial charge in [-0.05, 0) is 55.5 Å². The predicted octanol–water partition coefficient (Wildman–Crippen LogP) is 3.85. The molecule has 0 aromatic rings. The van der Waals surface area contributed by atoms with E-state index in [0.29, 0.717) is 12.2 Å². The topological polar surface area (TPSA) is 3.24 Å². The third-order valence-electron chi connectivity index (χ3n) is 6.35. The first-order chi connectivity index (χ1) is 12.1. The zero-order valence-corrected chi connectivity index (χ0v) is 22.1. The number of hydrogen-bond acceptors (Lipinski definition) is 2. The van der Waals surface area contributed by atoms with Crippen LogP contribution in [0.25, 0.3) is 0 Å². The maximum atomic E-state index is 4.56. The van der Waals surface area contributed by atoms with Crippen LogP contribution in [0, 0.1) is 0 Å². The molecule has 3 saturated carbocycles. The molecule has 1 nitrogen and oxygen atoms in total. The van der Waals surface area contributed by atoms with Gasteiger partial charge in [-0.1, -0.05) is 70.0 Å². The molecule has 0 aliphatic heterocycles. The minimum absolute atomic E-state index is 0. The maximum Gasteiger partial charge on any atom is 2.00 e. The van der Waals surface area contributed by atoms with Gasteiger partial charge in [-0.3, -0.25) is 0 Å². The summed E-state index contributed by atoms with van der Waals surface area (Å²) in [5, 5.41) is 0. The summed E-state index contributed by atoms with van der Waals surface area (Å²) in [5.74, 6) is 0. The molecule has 0 spiro atoms. The Morgan fingerprint density at radius 2 is 0.926 bits per heavy atom. The van der Waals surface area contributed by atoms with Gasteiger partial charge < -0.3 is 42.2 Å². The van der Waals surface area contributed by atoms with E-state index in [1.807, 2.05) is 14.1 Å². The molecule has 162 valence electrons. The van der Waals surface area contributed by atoms with E-state index in [0.717, 1.165) is 0 Å². The quantitative estimate of drug-likeness (QED) is 0.231. The van der Waals surface area contributed by atoms with Crippen LogP contribution in [0.3, 0.4) is 0 Å². The molecule has 0 radical (unpaired) electrons. The van der Waals surface area contributed by atoms with Crippen LogP contribution in [0.15, 0.2) is 0 Å². The average Bonchev–Trinajstić information content (AvgIpc) is 2.65. The van der Waals surface area contributed by atoms with E-state index in [9.17, 15) is 0 Å². The van der Waals surface area contributed by atoms with E-state index < -0.39 is 0 Å². The second-order valence-corrected chi connectivity index (χ2v) is 12.6. The molecular formula is C21H39ClNPPdS2. The summed E-state index contributed by atoms with van der Waals surface area (Å²) in [4.78, 5) is 1.71. The van der Waals surface area contributed by atoms with Crippen molar-refractivity contribution in [1.82, 2.24) is 4.90 Å². The predicted molar refractivity (Wildman–Crippen MR) is 121 cm³/mol. The van der Waals surface area contributed by atoms with Crippen molar-refractivity contribution in [2.75, 3.05) is 14.1 Å². The number of nitrogens with zero attached hydrogens (tertiary/aromatic N) is 1. The number of thiocarbonyl (C=S) groups is 1. The van der Waals surface area contributed by atoms with Gasteiger partial charge in [0.15, 0.2) is 0 Å². The van der Waals surface area contributed by atoms with Gasteiger partial charge in [-0.2, -0.15) is 0 Å². The average molecular weight is 543 g/mol. The molecular weight excluding hydrogens is 503 g/mol. The van der Waals surface area contributed by atoms with Gasteiger partial charge in [-0.15, -0.1) is 0 Å². The van der Waals surface area contributed by atoms with Crippen LogP contribution in [-0.2, 0) is 33.1 Å². The molecule has 0 heterocycles. The number of rotatable bonds is 3. The van der Waals surface area contributed by atoms with Crippen molar-refractivity contribution < 1.29 is 32.8 Å². The molecule has 0 aromatic heterocycles. The minimum Gasteiger partial charge on any atom is -1.00 e. The van der Waals surface area contributed by atoms with E-state index in [1.165, 1.54) is 36.2 Å². The van der Waals surface area contributed by atoms with E-state index in [1.54, 1.807) is 81.9 Å². The molecule has 3 aliphatic rings.